The first-order valence-electron chi connectivity index (χ1n) is 7.48. The van der Waals surface area contributed by atoms with Crippen molar-refractivity contribution in [3.8, 4) is 0 Å². The molecule has 8 heteroatoms. The van der Waals surface area contributed by atoms with E-state index in [4.69, 9.17) is 0 Å². The molecule has 0 atom stereocenters. The molecule has 2 aromatic carbocycles. The zero-order valence-corrected chi connectivity index (χ0v) is 13.4. The molecule has 0 radical (unpaired) electrons. The molecule has 0 aromatic heterocycles. The van der Waals surface area contributed by atoms with Crippen molar-refractivity contribution in [2.24, 2.45) is 0 Å². The fourth-order valence-electron chi connectivity index (χ4n) is 2.70. The third-order valence-corrected chi connectivity index (χ3v) is 3.91. The van der Waals surface area contributed by atoms with Crippen LogP contribution in [0, 0.1) is 5.82 Å². The monoisotopic (exact) mass is 364 g/mol. The van der Waals surface area contributed by atoms with Crippen LogP contribution in [0.5, 0.6) is 0 Å². The summed E-state index contributed by atoms with van der Waals surface area (Å²) in [6.07, 6.45) is -4.89. The number of rotatable bonds is 3. The summed E-state index contributed by atoms with van der Waals surface area (Å²) in [6.45, 7) is 0. The largest absolute Gasteiger partial charge is 0.419 e. The number of halogens is 4. The highest BCUT2D eigenvalue weighted by molar-refractivity contribution is 6.27. The molecule has 26 heavy (non-hydrogen) atoms. The minimum atomic E-state index is -4.89. The predicted molar refractivity (Wildman–Crippen MR) is 86.2 cm³/mol. The van der Waals surface area contributed by atoms with E-state index in [2.05, 4.69) is 10.6 Å². The number of fused-ring (bicyclic) bond motifs is 1. The standard InChI is InChI=1S/C18H12F4N2O2/c1-23-14-15(17(26)11-5-3-2-4-10(11)16(14)25)24-9-6-7-13(19)12(8-9)18(20,21)22/h2-8,23-24H,1H3. The number of ketones is 2. The lowest BCUT2D eigenvalue weighted by Gasteiger charge is -2.22. The van der Waals surface area contributed by atoms with Gasteiger partial charge < -0.3 is 10.6 Å². The van der Waals surface area contributed by atoms with Crippen LogP contribution in [-0.2, 0) is 6.18 Å². The van der Waals surface area contributed by atoms with Crippen molar-refractivity contribution in [3.63, 3.8) is 0 Å². The Labute approximate surface area is 145 Å². The van der Waals surface area contributed by atoms with Crippen LogP contribution in [0.15, 0.2) is 53.9 Å². The Morgan fingerprint density at radius 2 is 1.46 bits per heavy atom. The minimum absolute atomic E-state index is 0.0772. The summed E-state index contributed by atoms with van der Waals surface area (Å²) in [6, 6.07) is 8.38. The van der Waals surface area contributed by atoms with Crippen LogP contribution in [0.2, 0.25) is 0 Å². The number of carbonyl (C=O) groups excluding carboxylic acids is 2. The van der Waals surface area contributed by atoms with Gasteiger partial charge in [-0.25, -0.2) is 4.39 Å². The second kappa shape index (κ2) is 6.29. The van der Waals surface area contributed by atoms with Gasteiger partial charge in [0.25, 0.3) is 0 Å². The minimum Gasteiger partial charge on any atom is -0.383 e. The Kier molecular flexibility index (Phi) is 4.27. The number of benzene rings is 2. The molecular formula is C18H12F4N2O2. The first-order valence-corrected chi connectivity index (χ1v) is 7.48. The topological polar surface area (TPSA) is 58.2 Å². The Morgan fingerprint density at radius 1 is 0.885 bits per heavy atom. The van der Waals surface area contributed by atoms with Crippen molar-refractivity contribution in [1.82, 2.24) is 5.32 Å². The van der Waals surface area contributed by atoms with Crippen LogP contribution in [0.1, 0.15) is 26.3 Å². The van der Waals surface area contributed by atoms with Gasteiger partial charge in [0, 0.05) is 23.9 Å². The predicted octanol–water partition coefficient (Wildman–Crippen LogP) is 3.77. The molecular weight excluding hydrogens is 352 g/mol. The van der Waals surface area contributed by atoms with E-state index >= 15 is 0 Å². The maximum absolute atomic E-state index is 13.4. The molecule has 134 valence electrons. The number of allylic oxidation sites excluding steroid dienone is 2. The molecule has 1 aliphatic rings. The Bertz CT molecular complexity index is 948. The molecule has 2 aromatic rings. The van der Waals surface area contributed by atoms with Crippen LogP contribution in [-0.4, -0.2) is 18.6 Å². The van der Waals surface area contributed by atoms with Gasteiger partial charge in [-0.05, 0) is 18.2 Å². The van der Waals surface area contributed by atoms with Gasteiger partial charge in [-0.1, -0.05) is 24.3 Å². The number of Topliss-reactive ketones (excluding diaryl/α,β-unsaturated/α-hetero) is 2. The number of hydrogen-bond acceptors (Lipinski definition) is 4. The zero-order chi connectivity index (χ0) is 19.1. The lowest BCUT2D eigenvalue weighted by molar-refractivity contribution is -0.139. The summed E-state index contributed by atoms with van der Waals surface area (Å²) < 4.78 is 52.0. The summed E-state index contributed by atoms with van der Waals surface area (Å²) in [4.78, 5) is 25.2. The van der Waals surface area contributed by atoms with Gasteiger partial charge in [0.1, 0.15) is 17.2 Å². The van der Waals surface area contributed by atoms with Crippen LogP contribution in [0.25, 0.3) is 0 Å². The van der Waals surface area contributed by atoms with E-state index in [1.807, 2.05) is 0 Å². The van der Waals surface area contributed by atoms with Crippen molar-refractivity contribution >= 4 is 17.3 Å². The van der Waals surface area contributed by atoms with Gasteiger partial charge in [0.15, 0.2) is 0 Å². The highest BCUT2D eigenvalue weighted by Gasteiger charge is 2.35. The number of hydrogen-bond donors (Lipinski definition) is 2. The SMILES string of the molecule is CNC1=C(Nc2ccc(F)c(C(F)(F)F)c2)C(=O)c2ccccc2C1=O. The molecule has 1 aliphatic carbocycles. The van der Waals surface area contributed by atoms with Crippen molar-refractivity contribution in [3.05, 3.63) is 76.4 Å². The van der Waals surface area contributed by atoms with Gasteiger partial charge in [-0.2, -0.15) is 13.2 Å². The van der Waals surface area contributed by atoms with E-state index in [0.29, 0.717) is 12.1 Å². The van der Waals surface area contributed by atoms with Crippen molar-refractivity contribution in [2.45, 2.75) is 6.18 Å². The molecule has 2 N–H and O–H groups in total. The molecule has 3 rings (SSSR count). The number of likely N-dealkylation sites (N-methyl/N-ethyl adjacent to an activating group) is 1. The lowest BCUT2D eigenvalue weighted by atomic mass is 9.90. The van der Waals surface area contributed by atoms with E-state index < -0.39 is 29.1 Å². The fraction of sp³-hybridized carbons (Fsp3) is 0.111. The Hall–Kier alpha value is -3.16. The maximum atomic E-state index is 13.4. The van der Waals surface area contributed by atoms with E-state index in [9.17, 15) is 27.2 Å². The molecule has 0 amide bonds. The van der Waals surface area contributed by atoms with E-state index in [-0.39, 0.29) is 28.2 Å². The van der Waals surface area contributed by atoms with Crippen LogP contribution in [0.3, 0.4) is 0 Å². The second-order valence-electron chi connectivity index (χ2n) is 5.52. The quantitative estimate of drug-likeness (QED) is 0.814. The number of nitrogens with one attached hydrogen (secondary N) is 2. The summed E-state index contributed by atoms with van der Waals surface area (Å²) in [5.41, 5.74) is -1.58. The van der Waals surface area contributed by atoms with Crippen molar-refractivity contribution in [2.75, 3.05) is 12.4 Å². The second-order valence-corrected chi connectivity index (χ2v) is 5.52. The number of carbonyl (C=O) groups is 2. The van der Waals surface area contributed by atoms with E-state index in [0.717, 1.165) is 6.07 Å². The third-order valence-electron chi connectivity index (χ3n) is 3.91. The van der Waals surface area contributed by atoms with Gasteiger partial charge in [0.05, 0.1) is 5.56 Å². The fourth-order valence-corrected chi connectivity index (χ4v) is 2.70. The molecule has 4 nitrogen and oxygen atoms in total. The molecule has 0 saturated heterocycles. The molecule has 0 heterocycles. The lowest BCUT2D eigenvalue weighted by Crippen LogP contribution is -2.31. The summed E-state index contributed by atoms with van der Waals surface area (Å²) in [7, 11) is 1.42. The van der Waals surface area contributed by atoms with Gasteiger partial charge in [-0.3, -0.25) is 9.59 Å². The summed E-state index contributed by atoms with van der Waals surface area (Å²) in [5.74, 6) is -2.45. The Morgan fingerprint density at radius 3 is 2.00 bits per heavy atom. The third kappa shape index (κ3) is 2.94. The molecule has 0 bridgehead atoms. The van der Waals surface area contributed by atoms with Crippen LogP contribution < -0.4 is 10.6 Å². The van der Waals surface area contributed by atoms with Gasteiger partial charge in [0.2, 0.25) is 11.6 Å². The first kappa shape index (κ1) is 17.7. The average Bonchev–Trinajstić information content (AvgIpc) is 2.60. The van der Waals surface area contributed by atoms with E-state index in [1.54, 1.807) is 12.1 Å². The molecule has 0 fully saturated rings. The highest BCUT2D eigenvalue weighted by Crippen LogP contribution is 2.34. The number of alkyl halides is 3. The van der Waals surface area contributed by atoms with Crippen LogP contribution in [0.4, 0.5) is 23.2 Å². The summed E-state index contributed by atoms with van der Waals surface area (Å²) >= 11 is 0. The zero-order valence-electron chi connectivity index (χ0n) is 13.4. The van der Waals surface area contributed by atoms with Gasteiger partial charge >= 0.3 is 6.18 Å². The highest BCUT2D eigenvalue weighted by atomic mass is 19.4. The molecule has 0 unspecified atom stereocenters. The maximum Gasteiger partial charge on any atom is 0.419 e. The first-order chi connectivity index (χ1) is 12.2. The molecule has 0 spiro atoms. The normalized spacial score (nSPS) is 14.3. The molecule has 0 aliphatic heterocycles. The van der Waals surface area contributed by atoms with Crippen LogP contribution >= 0.6 is 0 Å². The Balaban J connectivity index is 2.07. The van der Waals surface area contributed by atoms with E-state index in [1.165, 1.54) is 19.2 Å². The summed E-state index contributed by atoms with van der Waals surface area (Å²) in [5, 5.41) is 5.12. The smallest absolute Gasteiger partial charge is 0.383 e. The number of anilines is 1. The van der Waals surface area contributed by atoms with Crippen molar-refractivity contribution in [1.29, 1.82) is 0 Å². The average molecular weight is 364 g/mol. The molecule has 0 saturated carbocycles. The van der Waals surface area contributed by atoms with Gasteiger partial charge in [-0.15, -0.1) is 0 Å². The van der Waals surface area contributed by atoms with Crippen molar-refractivity contribution < 1.29 is 27.2 Å².